The Bertz CT molecular complexity index is 760. The molecule has 0 unspecified atom stereocenters. The molecule has 0 aliphatic carbocycles. The van der Waals surface area contributed by atoms with Crippen molar-refractivity contribution < 1.29 is 9.53 Å². The molecular weight excluding hydrogens is 326 g/mol. The van der Waals surface area contributed by atoms with Gasteiger partial charge in [0.25, 0.3) is 0 Å². The predicted molar refractivity (Wildman–Crippen MR) is 80.3 cm³/mol. The van der Waals surface area contributed by atoms with Crippen molar-refractivity contribution in [3.63, 3.8) is 0 Å². The van der Waals surface area contributed by atoms with E-state index in [-0.39, 0.29) is 5.78 Å². The highest BCUT2D eigenvalue weighted by atomic mass is 79.9. The van der Waals surface area contributed by atoms with E-state index in [9.17, 15) is 4.79 Å². The number of aromatic nitrogens is 1. The number of rotatable bonds is 3. The van der Waals surface area contributed by atoms with Crippen molar-refractivity contribution in [1.82, 2.24) is 4.98 Å². The molecule has 0 saturated heterocycles. The normalized spacial score (nSPS) is 10.8. The molecule has 3 aromatic rings. The Balaban J connectivity index is 2.15. The third kappa shape index (κ3) is 2.09. The Labute approximate surface area is 122 Å². The van der Waals surface area contributed by atoms with Crippen LogP contribution in [0.4, 0.5) is 0 Å². The molecule has 96 valence electrons. The van der Waals surface area contributed by atoms with Gasteiger partial charge in [0, 0.05) is 27.1 Å². The Morgan fingerprint density at radius 3 is 2.89 bits per heavy atom. The Hall–Kier alpha value is -1.59. The molecule has 2 aromatic heterocycles. The molecule has 3 rings (SSSR count). The first-order chi connectivity index (χ1) is 9.20. The summed E-state index contributed by atoms with van der Waals surface area (Å²) >= 11 is 4.83. The third-order valence-electron chi connectivity index (χ3n) is 2.96. The first-order valence-corrected chi connectivity index (χ1v) is 7.31. The number of nitrogens with one attached hydrogen (secondary N) is 1. The van der Waals surface area contributed by atoms with Gasteiger partial charge in [-0.15, -0.1) is 11.3 Å². The maximum Gasteiger partial charge on any atom is 0.206 e. The van der Waals surface area contributed by atoms with E-state index < -0.39 is 0 Å². The number of H-pyrrole nitrogens is 1. The Kier molecular flexibility index (Phi) is 3.16. The zero-order chi connectivity index (χ0) is 13.4. The maximum absolute atomic E-state index is 12.5. The lowest BCUT2D eigenvalue weighted by Crippen LogP contribution is -1.98. The average molecular weight is 336 g/mol. The van der Waals surface area contributed by atoms with Crippen molar-refractivity contribution in [2.24, 2.45) is 0 Å². The zero-order valence-corrected chi connectivity index (χ0v) is 12.5. The van der Waals surface area contributed by atoms with Crippen LogP contribution in [0.1, 0.15) is 15.2 Å². The molecule has 0 amide bonds. The fourth-order valence-corrected chi connectivity index (χ4v) is 3.50. The number of benzene rings is 1. The minimum atomic E-state index is 0.0152. The van der Waals surface area contributed by atoms with Crippen molar-refractivity contribution >= 4 is 44.0 Å². The fourth-order valence-electron chi connectivity index (χ4n) is 1.99. The van der Waals surface area contributed by atoms with Crippen LogP contribution in [0.2, 0.25) is 0 Å². The number of carbonyl (C=O) groups excluding carboxylic acids is 1. The van der Waals surface area contributed by atoms with E-state index in [2.05, 4.69) is 20.9 Å². The van der Waals surface area contributed by atoms with Gasteiger partial charge in [-0.1, -0.05) is 0 Å². The fraction of sp³-hybridized carbons (Fsp3) is 0.0714. The molecule has 19 heavy (non-hydrogen) atoms. The van der Waals surface area contributed by atoms with E-state index in [1.54, 1.807) is 13.3 Å². The van der Waals surface area contributed by atoms with Crippen LogP contribution in [0, 0.1) is 0 Å². The second kappa shape index (κ2) is 4.83. The molecule has 0 radical (unpaired) electrons. The Morgan fingerprint density at radius 2 is 2.21 bits per heavy atom. The van der Waals surface area contributed by atoms with Crippen LogP contribution in [0.5, 0.6) is 5.75 Å². The standard InChI is InChI=1S/C14H10BrNO2S/c1-18-8-2-3-12-9(6-8)10(7-16-12)13(17)14-11(15)4-5-19-14/h2-7,16H,1H3. The van der Waals surface area contributed by atoms with Crippen LogP contribution < -0.4 is 4.74 Å². The van der Waals surface area contributed by atoms with Gasteiger partial charge >= 0.3 is 0 Å². The largest absolute Gasteiger partial charge is 0.497 e. The van der Waals surface area contributed by atoms with Gasteiger partial charge in [0.15, 0.2) is 0 Å². The first-order valence-electron chi connectivity index (χ1n) is 5.63. The lowest BCUT2D eigenvalue weighted by atomic mass is 10.1. The highest BCUT2D eigenvalue weighted by Crippen LogP contribution is 2.30. The Morgan fingerprint density at radius 1 is 1.37 bits per heavy atom. The van der Waals surface area contributed by atoms with Crippen molar-refractivity contribution in [3.8, 4) is 5.75 Å². The molecule has 0 fully saturated rings. The maximum atomic E-state index is 12.5. The van der Waals surface area contributed by atoms with Crippen LogP contribution in [-0.4, -0.2) is 17.9 Å². The van der Waals surface area contributed by atoms with Gasteiger partial charge in [-0.3, -0.25) is 4.79 Å². The summed E-state index contributed by atoms with van der Waals surface area (Å²) in [6.45, 7) is 0. The van der Waals surface area contributed by atoms with E-state index in [0.29, 0.717) is 10.4 Å². The highest BCUT2D eigenvalue weighted by molar-refractivity contribution is 9.10. The van der Waals surface area contributed by atoms with Crippen molar-refractivity contribution in [1.29, 1.82) is 0 Å². The molecule has 0 spiro atoms. The lowest BCUT2D eigenvalue weighted by molar-refractivity contribution is 0.104. The number of ketones is 1. The number of ether oxygens (including phenoxy) is 1. The number of hydrogen-bond donors (Lipinski definition) is 1. The van der Waals surface area contributed by atoms with Gasteiger partial charge in [0.05, 0.1) is 12.0 Å². The molecular formula is C14H10BrNO2S. The molecule has 0 saturated carbocycles. The van der Waals surface area contributed by atoms with Gasteiger partial charge in [-0.25, -0.2) is 0 Å². The predicted octanol–water partition coefficient (Wildman–Crippen LogP) is 4.23. The molecule has 3 nitrogen and oxygen atoms in total. The summed E-state index contributed by atoms with van der Waals surface area (Å²) in [6, 6.07) is 7.54. The molecule has 5 heteroatoms. The third-order valence-corrected chi connectivity index (χ3v) is 4.79. The summed E-state index contributed by atoms with van der Waals surface area (Å²) in [5.41, 5.74) is 1.59. The van der Waals surface area contributed by atoms with E-state index >= 15 is 0 Å². The highest BCUT2D eigenvalue weighted by Gasteiger charge is 2.18. The number of carbonyl (C=O) groups is 1. The van der Waals surface area contributed by atoms with Crippen LogP contribution in [-0.2, 0) is 0 Å². The second-order valence-corrected chi connectivity index (χ2v) is 5.81. The first kappa shape index (κ1) is 12.4. The number of methoxy groups -OCH3 is 1. The molecule has 0 bridgehead atoms. The number of hydrogen-bond acceptors (Lipinski definition) is 3. The molecule has 2 heterocycles. The topological polar surface area (TPSA) is 42.1 Å². The van der Waals surface area contributed by atoms with Gasteiger partial charge in [0.1, 0.15) is 5.75 Å². The number of fused-ring (bicyclic) bond motifs is 1. The zero-order valence-electron chi connectivity index (χ0n) is 10.1. The molecule has 0 atom stereocenters. The number of halogens is 1. The van der Waals surface area contributed by atoms with Gasteiger partial charge in [-0.2, -0.15) is 0 Å². The van der Waals surface area contributed by atoms with Gasteiger partial charge < -0.3 is 9.72 Å². The van der Waals surface area contributed by atoms with Crippen molar-refractivity contribution in [2.75, 3.05) is 7.11 Å². The van der Waals surface area contributed by atoms with Crippen LogP contribution in [0.3, 0.4) is 0 Å². The number of aromatic amines is 1. The quantitative estimate of drug-likeness (QED) is 0.727. The molecule has 1 N–H and O–H groups in total. The van der Waals surface area contributed by atoms with Crippen LogP contribution in [0.15, 0.2) is 40.3 Å². The summed E-state index contributed by atoms with van der Waals surface area (Å²) in [5, 5.41) is 2.77. The van der Waals surface area contributed by atoms with E-state index in [0.717, 1.165) is 21.1 Å². The van der Waals surface area contributed by atoms with E-state index in [1.165, 1.54) is 11.3 Å². The summed E-state index contributed by atoms with van der Waals surface area (Å²) in [7, 11) is 1.62. The average Bonchev–Trinajstić information content (AvgIpc) is 3.03. The monoisotopic (exact) mass is 335 g/mol. The second-order valence-electron chi connectivity index (χ2n) is 4.04. The molecule has 0 aliphatic rings. The minimum Gasteiger partial charge on any atom is -0.497 e. The van der Waals surface area contributed by atoms with E-state index in [4.69, 9.17) is 4.74 Å². The number of thiophene rings is 1. The van der Waals surface area contributed by atoms with E-state index in [1.807, 2.05) is 29.6 Å². The summed E-state index contributed by atoms with van der Waals surface area (Å²) in [5.74, 6) is 0.757. The smallest absolute Gasteiger partial charge is 0.206 e. The summed E-state index contributed by atoms with van der Waals surface area (Å²) in [6.07, 6.45) is 1.75. The van der Waals surface area contributed by atoms with Crippen LogP contribution >= 0.6 is 27.3 Å². The van der Waals surface area contributed by atoms with Crippen molar-refractivity contribution in [2.45, 2.75) is 0 Å². The lowest BCUT2D eigenvalue weighted by Gasteiger charge is -2.01. The minimum absolute atomic E-state index is 0.0152. The summed E-state index contributed by atoms with van der Waals surface area (Å²) < 4.78 is 6.04. The molecule has 1 aromatic carbocycles. The van der Waals surface area contributed by atoms with Gasteiger partial charge in [-0.05, 0) is 45.6 Å². The SMILES string of the molecule is COc1ccc2[nH]cc(C(=O)c3sccc3Br)c2c1. The van der Waals surface area contributed by atoms with Crippen LogP contribution in [0.25, 0.3) is 10.9 Å². The molecule has 0 aliphatic heterocycles. The summed E-state index contributed by atoms with van der Waals surface area (Å²) in [4.78, 5) is 16.3. The van der Waals surface area contributed by atoms with Gasteiger partial charge in [0.2, 0.25) is 5.78 Å². The van der Waals surface area contributed by atoms with Crippen molar-refractivity contribution in [3.05, 3.63) is 50.8 Å².